The summed E-state index contributed by atoms with van der Waals surface area (Å²) >= 11 is 6.30. The Balaban J connectivity index is 1.53. The third-order valence-electron chi connectivity index (χ3n) is 5.47. The summed E-state index contributed by atoms with van der Waals surface area (Å²) in [5.41, 5.74) is 2.77. The number of benzene rings is 2. The molecule has 1 fully saturated rings. The van der Waals surface area contributed by atoms with Crippen LogP contribution in [0.1, 0.15) is 21.7 Å². The first-order valence-electron chi connectivity index (χ1n) is 10.5. The van der Waals surface area contributed by atoms with Crippen molar-refractivity contribution in [2.75, 3.05) is 38.3 Å². The summed E-state index contributed by atoms with van der Waals surface area (Å²) in [6.45, 7) is 5.32. The van der Waals surface area contributed by atoms with E-state index in [9.17, 15) is 9.59 Å². The predicted octanol–water partition coefficient (Wildman–Crippen LogP) is 3.30. The van der Waals surface area contributed by atoms with Gasteiger partial charge in [-0.25, -0.2) is 4.68 Å². The van der Waals surface area contributed by atoms with E-state index in [1.807, 2.05) is 36.4 Å². The Kier molecular flexibility index (Phi) is 6.58. The van der Waals surface area contributed by atoms with Gasteiger partial charge in [0, 0.05) is 44.1 Å². The standard InChI is InChI=1S/C24H25ClN4O3/c1-17-15-22(30)23(26-29(17)21-6-4-3-5-20(21)25)24(31)27(2)16-18-7-9-19(10-8-18)28-11-13-32-14-12-28/h3-10,15H,11-14,16H2,1-2H3. The minimum absolute atomic E-state index is 0.136. The van der Waals surface area contributed by atoms with E-state index in [0.29, 0.717) is 22.9 Å². The Hall–Kier alpha value is -3.16. The Morgan fingerprint density at radius 2 is 1.81 bits per heavy atom. The lowest BCUT2D eigenvalue weighted by molar-refractivity contribution is 0.0776. The van der Waals surface area contributed by atoms with Crippen molar-refractivity contribution in [2.45, 2.75) is 13.5 Å². The number of rotatable bonds is 5. The van der Waals surface area contributed by atoms with Gasteiger partial charge in [-0.3, -0.25) is 9.59 Å². The van der Waals surface area contributed by atoms with Gasteiger partial charge in [0.15, 0.2) is 5.69 Å². The lowest BCUT2D eigenvalue weighted by Gasteiger charge is -2.29. The molecule has 2 aromatic carbocycles. The summed E-state index contributed by atoms with van der Waals surface area (Å²) in [6, 6.07) is 16.7. The molecule has 0 bridgehead atoms. The van der Waals surface area contributed by atoms with Gasteiger partial charge < -0.3 is 14.5 Å². The fraction of sp³-hybridized carbons (Fsp3) is 0.292. The van der Waals surface area contributed by atoms with Gasteiger partial charge >= 0.3 is 0 Å². The molecule has 1 aromatic heterocycles. The Morgan fingerprint density at radius 3 is 2.50 bits per heavy atom. The number of para-hydroxylation sites is 1. The third-order valence-corrected chi connectivity index (χ3v) is 5.79. The van der Waals surface area contributed by atoms with E-state index in [0.717, 1.165) is 37.6 Å². The maximum Gasteiger partial charge on any atom is 0.278 e. The van der Waals surface area contributed by atoms with Crippen molar-refractivity contribution in [3.05, 3.63) is 86.8 Å². The van der Waals surface area contributed by atoms with Crippen LogP contribution in [0, 0.1) is 6.92 Å². The lowest BCUT2D eigenvalue weighted by Crippen LogP contribution is -2.36. The number of ether oxygens (including phenoxy) is 1. The fourth-order valence-corrected chi connectivity index (χ4v) is 3.94. The minimum atomic E-state index is -0.437. The number of anilines is 1. The third kappa shape index (κ3) is 4.69. The molecule has 0 spiro atoms. The number of carbonyl (C=O) groups is 1. The molecule has 8 heteroatoms. The van der Waals surface area contributed by atoms with Crippen molar-refractivity contribution in [1.82, 2.24) is 14.7 Å². The van der Waals surface area contributed by atoms with Gasteiger partial charge in [0.1, 0.15) is 0 Å². The number of hydrogen-bond acceptors (Lipinski definition) is 5. The maximum absolute atomic E-state index is 13.1. The van der Waals surface area contributed by atoms with Crippen LogP contribution in [0.3, 0.4) is 0 Å². The highest BCUT2D eigenvalue weighted by atomic mass is 35.5. The second-order valence-corrected chi connectivity index (χ2v) is 8.20. The summed E-state index contributed by atoms with van der Waals surface area (Å²) in [7, 11) is 1.67. The number of hydrogen-bond donors (Lipinski definition) is 0. The maximum atomic E-state index is 13.1. The van der Waals surface area contributed by atoms with Crippen molar-refractivity contribution in [2.24, 2.45) is 0 Å². The quantitative estimate of drug-likeness (QED) is 0.594. The molecule has 1 aliphatic rings. The summed E-state index contributed by atoms with van der Waals surface area (Å²) in [4.78, 5) is 29.4. The summed E-state index contributed by atoms with van der Waals surface area (Å²) in [5.74, 6) is -0.437. The van der Waals surface area contributed by atoms with Crippen molar-refractivity contribution < 1.29 is 9.53 Å². The zero-order chi connectivity index (χ0) is 22.7. The first kappa shape index (κ1) is 22.0. The van der Waals surface area contributed by atoms with E-state index < -0.39 is 11.3 Å². The molecule has 0 N–H and O–H groups in total. The first-order valence-corrected chi connectivity index (χ1v) is 10.8. The molecule has 166 valence electrons. The van der Waals surface area contributed by atoms with E-state index in [2.05, 4.69) is 10.00 Å². The summed E-state index contributed by atoms with van der Waals surface area (Å²) < 4.78 is 6.93. The van der Waals surface area contributed by atoms with E-state index in [4.69, 9.17) is 16.3 Å². The number of carbonyl (C=O) groups excluding carboxylic acids is 1. The van der Waals surface area contributed by atoms with Gasteiger partial charge in [-0.2, -0.15) is 5.10 Å². The Morgan fingerprint density at radius 1 is 1.12 bits per heavy atom. The van der Waals surface area contributed by atoms with E-state index in [1.165, 1.54) is 15.6 Å². The molecule has 0 unspecified atom stereocenters. The second-order valence-electron chi connectivity index (χ2n) is 7.79. The van der Waals surface area contributed by atoms with E-state index in [-0.39, 0.29) is 5.69 Å². The Bertz CT molecular complexity index is 1170. The topological polar surface area (TPSA) is 67.7 Å². The molecule has 0 atom stereocenters. The highest BCUT2D eigenvalue weighted by Gasteiger charge is 2.20. The molecule has 0 aliphatic carbocycles. The molecule has 7 nitrogen and oxygen atoms in total. The average Bonchev–Trinajstić information content (AvgIpc) is 2.80. The largest absolute Gasteiger partial charge is 0.378 e. The van der Waals surface area contributed by atoms with Crippen LogP contribution < -0.4 is 10.3 Å². The normalized spacial score (nSPS) is 13.8. The highest BCUT2D eigenvalue weighted by Crippen LogP contribution is 2.20. The molecule has 4 rings (SSSR count). The first-order chi connectivity index (χ1) is 15.4. The molecule has 32 heavy (non-hydrogen) atoms. The van der Waals surface area contributed by atoms with Gasteiger partial charge in [0.2, 0.25) is 5.43 Å². The smallest absolute Gasteiger partial charge is 0.278 e. The van der Waals surface area contributed by atoms with Crippen molar-refractivity contribution in [3.8, 4) is 5.69 Å². The monoisotopic (exact) mass is 452 g/mol. The number of nitrogens with zero attached hydrogens (tertiary/aromatic N) is 4. The Labute approximate surface area is 191 Å². The zero-order valence-electron chi connectivity index (χ0n) is 18.1. The lowest BCUT2D eigenvalue weighted by atomic mass is 10.1. The predicted molar refractivity (Wildman–Crippen MR) is 125 cm³/mol. The molecular formula is C24H25ClN4O3. The van der Waals surface area contributed by atoms with Crippen LogP contribution in [0.5, 0.6) is 0 Å². The van der Waals surface area contributed by atoms with Crippen LogP contribution in [0.4, 0.5) is 5.69 Å². The van der Waals surface area contributed by atoms with E-state index >= 15 is 0 Å². The van der Waals surface area contributed by atoms with Crippen LogP contribution in [0.25, 0.3) is 5.69 Å². The van der Waals surface area contributed by atoms with Crippen LogP contribution >= 0.6 is 11.6 Å². The van der Waals surface area contributed by atoms with Crippen molar-refractivity contribution >= 4 is 23.2 Å². The molecule has 3 aromatic rings. The molecular weight excluding hydrogens is 428 g/mol. The van der Waals surface area contributed by atoms with Gasteiger partial charge in [-0.15, -0.1) is 0 Å². The van der Waals surface area contributed by atoms with Gasteiger partial charge in [-0.05, 0) is 36.8 Å². The average molecular weight is 453 g/mol. The minimum Gasteiger partial charge on any atom is -0.378 e. The van der Waals surface area contributed by atoms with Crippen molar-refractivity contribution in [1.29, 1.82) is 0 Å². The number of amides is 1. The fourth-order valence-electron chi connectivity index (χ4n) is 3.72. The summed E-state index contributed by atoms with van der Waals surface area (Å²) in [5, 5.41) is 4.84. The molecule has 1 amide bonds. The number of aryl methyl sites for hydroxylation is 1. The summed E-state index contributed by atoms with van der Waals surface area (Å²) in [6.07, 6.45) is 0. The highest BCUT2D eigenvalue weighted by molar-refractivity contribution is 6.32. The van der Waals surface area contributed by atoms with E-state index in [1.54, 1.807) is 26.1 Å². The zero-order valence-corrected chi connectivity index (χ0v) is 18.9. The number of aromatic nitrogens is 2. The molecule has 0 saturated carbocycles. The second kappa shape index (κ2) is 9.54. The van der Waals surface area contributed by atoms with Crippen LogP contribution in [0.2, 0.25) is 5.02 Å². The van der Waals surface area contributed by atoms with Gasteiger partial charge in [-0.1, -0.05) is 35.9 Å². The molecule has 1 aliphatic heterocycles. The van der Waals surface area contributed by atoms with Gasteiger partial charge in [0.25, 0.3) is 5.91 Å². The molecule has 2 heterocycles. The van der Waals surface area contributed by atoms with Crippen molar-refractivity contribution in [3.63, 3.8) is 0 Å². The molecule has 0 radical (unpaired) electrons. The van der Waals surface area contributed by atoms with Gasteiger partial charge in [0.05, 0.1) is 23.9 Å². The molecule has 1 saturated heterocycles. The van der Waals surface area contributed by atoms with Crippen LogP contribution in [0.15, 0.2) is 59.4 Å². The number of halogens is 1. The SMILES string of the molecule is Cc1cc(=O)c(C(=O)N(C)Cc2ccc(N3CCOCC3)cc2)nn1-c1ccccc1Cl. The van der Waals surface area contributed by atoms with Crippen LogP contribution in [-0.2, 0) is 11.3 Å². The number of morpholine rings is 1. The van der Waals surface area contributed by atoms with Crippen LogP contribution in [-0.4, -0.2) is 53.9 Å².